The van der Waals surface area contributed by atoms with E-state index >= 15 is 0 Å². The van der Waals surface area contributed by atoms with E-state index < -0.39 is 0 Å². The van der Waals surface area contributed by atoms with E-state index in [0.29, 0.717) is 17.8 Å². The lowest BCUT2D eigenvalue weighted by atomic mass is 10.2. The molecule has 0 atom stereocenters. The van der Waals surface area contributed by atoms with Crippen LogP contribution < -0.4 is 5.32 Å². The highest BCUT2D eigenvalue weighted by Crippen LogP contribution is 2.19. The minimum Gasteiger partial charge on any atom is -0.319 e. The molecule has 0 unspecified atom stereocenters. The standard InChI is InChI=1S/C23H17N5OS/c29-23(19-14-30-22(27-19)12-16-6-2-1-3-7-16)26-17-10-11-21(24-13-17)28-15-25-18-8-4-5-9-20(18)28/h1-11,13-15H,12H2,(H,26,29). The van der Waals surface area contributed by atoms with E-state index in [2.05, 4.69) is 32.4 Å². The van der Waals surface area contributed by atoms with E-state index in [1.54, 1.807) is 17.9 Å². The van der Waals surface area contributed by atoms with Crippen LogP contribution in [0.3, 0.4) is 0 Å². The number of fused-ring (bicyclic) bond motifs is 1. The van der Waals surface area contributed by atoms with E-state index in [0.717, 1.165) is 21.9 Å². The molecular formula is C23H17N5OS. The molecule has 0 aliphatic carbocycles. The van der Waals surface area contributed by atoms with Gasteiger partial charge in [-0.2, -0.15) is 0 Å². The van der Waals surface area contributed by atoms with Crippen LogP contribution in [-0.4, -0.2) is 25.4 Å². The third-order valence-corrected chi connectivity index (χ3v) is 5.54. The van der Waals surface area contributed by atoms with Crippen molar-refractivity contribution in [2.45, 2.75) is 6.42 Å². The smallest absolute Gasteiger partial charge is 0.275 e. The molecule has 0 saturated carbocycles. The zero-order valence-corrected chi connectivity index (χ0v) is 16.7. The summed E-state index contributed by atoms with van der Waals surface area (Å²) in [6, 6.07) is 21.6. The Bertz CT molecular complexity index is 1310. The predicted molar refractivity (Wildman–Crippen MR) is 118 cm³/mol. The van der Waals surface area contributed by atoms with Gasteiger partial charge in [0.1, 0.15) is 17.8 Å². The maximum absolute atomic E-state index is 12.6. The van der Waals surface area contributed by atoms with Crippen molar-refractivity contribution in [1.82, 2.24) is 19.5 Å². The Morgan fingerprint density at radius 3 is 2.63 bits per heavy atom. The van der Waals surface area contributed by atoms with Crippen LogP contribution in [0.5, 0.6) is 0 Å². The molecule has 0 spiro atoms. The van der Waals surface area contributed by atoms with Crippen LogP contribution in [0.15, 0.2) is 84.6 Å². The van der Waals surface area contributed by atoms with Crippen LogP contribution in [-0.2, 0) is 6.42 Å². The Balaban J connectivity index is 1.29. The second kappa shape index (κ2) is 7.88. The van der Waals surface area contributed by atoms with Gasteiger partial charge in [0, 0.05) is 11.8 Å². The summed E-state index contributed by atoms with van der Waals surface area (Å²) < 4.78 is 1.91. The van der Waals surface area contributed by atoms with Crippen LogP contribution in [0.25, 0.3) is 16.9 Å². The summed E-state index contributed by atoms with van der Waals surface area (Å²) in [5.74, 6) is 0.494. The van der Waals surface area contributed by atoms with Crippen LogP contribution in [0.2, 0.25) is 0 Å². The highest BCUT2D eigenvalue weighted by molar-refractivity contribution is 7.09. The molecule has 2 aromatic carbocycles. The first-order valence-corrected chi connectivity index (χ1v) is 10.3. The van der Waals surface area contributed by atoms with Crippen LogP contribution >= 0.6 is 11.3 Å². The lowest BCUT2D eigenvalue weighted by Crippen LogP contribution is -2.13. The lowest BCUT2D eigenvalue weighted by Gasteiger charge is -2.06. The Kier molecular flexibility index (Phi) is 4.78. The van der Waals surface area contributed by atoms with Gasteiger partial charge in [-0.1, -0.05) is 42.5 Å². The largest absolute Gasteiger partial charge is 0.319 e. The number of carbonyl (C=O) groups is 1. The number of carbonyl (C=O) groups excluding carboxylic acids is 1. The molecule has 6 nitrogen and oxygen atoms in total. The van der Waals surface area contributed by atoms with Gasteiger partial charge < -0.3 is 5.32 Å². The van der Waals surface area contributed by atoms with Crippen molar-refractivity contribution in [1.29, 1.82) is 0 Å². The average Bonchev–Trinajstić information content (AvgIpc) is 3.42. The number of imidazole rings is 1. The van der Waals surface area contributed by atoms with Crippen molar-refractivity contribution in [3.8, 4) is 5.82 Å². The first-order chi connectivity index (χ1) is 14.8. The summed E-state index contributed by atoms with van der Waals surface area (Å²) in [5.41, 5.74) is 4.09. The topological polar surface area (TPSA) is 72.7 Å². The molecule has 1 N–H and O–H groups in total. The van der Waals surface area contributed by atoms with Gasteiger partial charge in [0.05, 0.1) is 27.9 Å². The van der Waals surface area contributed by atoms with Crippen molar-refractivity contribution in [2.24, 2.45) is 0 Å². The molecular weight excluding hydrogens is 394 g/mol. The Morgan fingerprint density at radius 1 is 0.967 bits per heavy atom. The van der Waals surface area contributed by atoms with Crippen molar-refractivity contribution >= 4 is 34.0 Å². The second-order valence-electron chi connectivity index (χ2n) is 6.75. The number of anilines is 1. The Hall–Kier alpha value is -3.84. The maximum atomic E-state index is 12.6. The van der Waals surface area contributed by atoms with Crippen molar-refractivity contribution in [3.05, 3.63) is 101 Å². The van der Waals surface area contributed by atoms with Gasteiger partial charge in [-0.25, -0.2) is 15.0 Å². The summed E-state index contributed by atoms with van der Waals surface area (Å²) in [5, 5.41) is 5.56. The van der Waals surface area contributed by atoms with Gasteiger partial charge in [0.25, 0.3) is 5.91 Å². The number of rotatable bonds is 5. The number of hydrogen-bond donors (Lipinski definition) is 1. The predicted octanol–water partition coefficient (Wildman–Crippen LogP) is 4.72. The van der Waals surface area contributed by atoms with Gasteiger partial charge in [-0.15, -0.1) is 11.3 Å². The zero-order chi connectivity index (χ0) is 20.3. The summed E-state index contributed by atoms with van der Waals surface area (Å²) >= 11 is 1.49. The number of amides is 1. The number of nitrogens with one attached hydrogen (secondary N) is 1. The van der Waals surface area contributed by atoms with Crippen molar-refractivity contribution in [2.75, 3.05) is 5.32 Å². The molecule has 0 radical (unpaired) electrons. The molecule has 7 heteroatoms. The number of para-hydroxylation sites is 2. The van der Waals surface area contributed by atoms with E-state index in [9.17, 15) is 4.79 Å². The molecule has 30 heavy (non-hydrogen) atoms. The molecule has 5 rings (SSSR count). The van der Waals surface area contributed by atoms with Crippen LogP contribution in [0.1, 0.15) is 21.1 Å². The van der Waals surface area contributed by atoms with E-state index in [1.165, 1.54) is 16.9 Å². The first-order valence-electron chi connectivity index (χ1n) is 9.44. The van der Waals surface area contributed by atoms with Crippen LogP contribution in [0.4, 0.5) is 5.69 Å². The highest BCUT2D eigenvalue weighted by Gasteiger charge is 2.12. The molecule has 3 aromatic heterocycles. The molecule has 146 valence electrons. The number of benzene rings is 2. The number of nitrogens with zero attached hydrogens (tertiary/aromatic N) is 4. The minimum absolute atomic E-state index is 0.242. The Morgan fingerprint density at radius 2 is 1.80 bits per heavy atom. The van der Waals surface area contributed by atoms with E-state index in [4.69, 9.17) is 0 Å². The normalized spacial score (nSPS) is 10.9. The fourth-order valence-corrected chi connectivity index (χ4v) is 4.01. The van der Waals surface area contributed by atoms with E-state index in [1.807, 2.05) is 59.2 Å². The third kappa shape index (κ3) is 3.70. The fraction of sp³-hybridized carbons (Fsp3) is 0.0435. The molecule has 0 saturated heterocycles. The molecule has 0 fully saturated rings. The third-order valence-electron chi connectivity index (χ3n) is 4.69. The number of pyridine rings is 1. The molecule has 1 amide bonds. The maximum Gasteiger partial charge on any atom is 0.275 e. The van der Waals surface area contributed by atoms with Crippen molar-refractivity contribution in [3.63, 3.8) is 0 Å². The van der Waals surface area contributed by atoms with Gasteiger partial charge in [0.15, 0.2) is 0 Å². The zero-order valence-electron chi connectivity index (χ0n) is 15.9. The lowest BCUT2D eigenvalue weighted by molar-refractivity contribution is 0.102. The minimum atomic E-state index is -0.242. The summed E-state index contributed by atoms with van der Waals surface area (Å²) in [4.78, 5) is 25.9. The highest BCUT2D eigenvalue weighted by atomic mass is 32.1. The molecule has 0 aliphatic heterocycles. The van der Waals surface area contributed by atoms with Gasteiger partial charge >= 0.3 is 0 Å². The molecule has 3 heterocycles. The van der Waals surface area contributed by atoms with Crippen molar-refractivity contribution < 1.29 is 4.79 Å². The molecule has 5 aromatic rings. The second-order valence-corrected chi connectivity index (χ2v) is 7.69. The number of thiazole rings is 1. The van der Waals surface area contributed by atoms with Gasteiger partial charge in [0.2, 0.25) is 0 Å². The summed E-state index contributed by atoms with van der Waals surface area (Å²) in [6.07, 6.45) is 4.10. The quantitative estimate of drug-likeness (QED) is 0.454. The summed E-state index contributed by atoms with van der Waals surface area (Å²) in [6.45, 7) is 0. The number of aromatic nitrogens is 4. The fourth-order valence-electron chi connectivity index (χ4n) is 3.21. The average molecular weight is 411 g/mol. The SMILES string of the molecule is O=C(Nc1ccc(-n2cnc3ccccc32)nc1)c1csc(Cc2ccccc2)n1. The monoisotopic (exact) mass is 411 g/mol. The molecule has 0 bridgehead atoms. The first kappa shape index (κ1) is 18.2. The van der Waals surface area contributed by atoms with Crippen LogP contribution in [0, 0.1) is 0 Å². The van der Waals surface area contributed by atoms with E-state index in [-0.39, 0.29) is 5.91 Å². The number of hydrogen-bond acceptors (Lipinski definition) is 5. The van der Waals surface area contributed by atoms with Gasteiger partial charge in [-0.05, 0) is 29.8 Å². The Labute approximate surface area is 176 Å². The van der Waals surface area contributed by atoms with Gasteiger partial charge in [-0.3, -0.25) is 9.36 Å². The summed E-state index contributed by atoms with van der Waals surface area (Å²) in [7, 11) is 0. The molecule has 0 aliphatic rings.